The molecule has 1 fully saturated rings. The predicted molar refractivity (Wildman–Crippen MR) is 66.1 cm³/mol. The number of nitrogens with zero attached hydrogens (tertiary/aromatic N) is 1. The number of rotatable bonds is 7. The molecule has 1 aliphatic carbocycles. The van der Waals surface area contributed by atoms with E-state index in [1.165, 1.54) is 19.3 Å². The van der Waals surface area contributed by atoms with Crippen molar-refractivity contribution in [3.63, 3.8) is 0 Å². The molecule has 0 amide bonds. The highest BCUT2D eigenvalue weighted by molar-refractivity contribution is 5.79. The number of ether oxygens (including phenoxy) is 1. The minimum Gasteiger partial charge on any atom is -0.383 e. The van der Waals surface area contributed by atoms with Crippen LogP contribution in [0.15, 0.2) is 4.99 Å². The van der Waals surface area contributed by atoms with E-state index in [1.807, 2.05) is 6.92 Å². The van der Waals surface area contributed by atoms with Gasteiger partial charge in [0.1, 0.15) is 0 Å². The van der Waals surface area contributed by atoms with Crippen LogP contribution in [-0.4, -0.2) is 32.3 Å². The SMILES string of the molecule is COCC(C)NC(=NCCCC1CC1)NN. The Morgan fingerprint density at radius 3 is 2.88 bits per heavy atom. The van der Waals surface area contributed by atoms with Gasteiger partial charge in [0.25, 0.3) is 0 Å². The molecule has 94 valence electrons. The van der Waals surface area contributed by atoms with Crippen LogP contribution in [0.2, 0.25) is 0 Å². The third-order valence-corrected chi connectivity index (χ3v) is 2.67. The first kappa shape index (κ1) is 13.3. The maximum Gasteiger partial charge on any atom is 0.206 e. The van der Waals surface area contributed by atoms with Gasteiger partial charge in [-0.3, -0.25) is 10.4 Å². The molecule has 0 aromatic rings. The van der Waals surface area contributed by atoms with Crippen LogP contribution in [0, 0.1) is 5.92 Å². The summed E-state index contributed by atoms with van der Waals surface area (Å²) < 4.78 is 5.03. The van der Waals surface area contributed by atoms with Crippen LogP contribution in [-0.2, 0) is 4.74 Å². The Morgan fingerprint density at radius 1 is 1.56 bits per heavy atom. The summed E-state index contributed by atoms with van der Waals surface area (Å²) in [5.41, 5.74) is 2.58. The number of hydrogen-bond donors (Lipinski definition) is 3. The summed E-state index contributed by atoms with van der Waals surface area (Å²) in [5, 5.41) is 3.16. The molecule has 5 heteroatoms. The summed E-state index contributed by atoms with van der Waals surface area (Å²) in [6.45, 7) is 3.51. The lowest BCUT2D eigenvalue weighted by molar-refractivity contribution is 0.179. The predicted octanol–water partition coefficient (Wildman–Crippen LogP) is 0.620. The lowest BCUT2D eigenvalue weighted by Crippen LogP contribution is -2.46. The molecule has 1 unspecified atom stereocenters. The minimum atomic E-state index is 0.211. The fourth-order valence-corrected chi connectivity index (χ4v) is 1.64. The Hall–Kier alpha value is -0.810. The van der Waals surface area contributed by atoms with E-state index >= 15 is 0 Å². The fraction of sp³-hybridized carbons (Fsp3) is 0.909. The van der Waals surface area contributed by atoms with Gasteiger partial charge in [-0.25, -0.2) is 5.84 Å². The van der Waals surface area contributed by atoms with E-state index in [0.717, 1.165) is 18.9 Å². The standard InChI is InChI=1S/C11H24N4O/c1-9(8-16-2)14-11(15-12)13-7-3-4-10-5-6-10/h9-10H,3-8,12H2,1-2H3,(H2,13,14,15). The molecule has 1 aliphatic rings. The minimum absolute atomic E-state index is 0.211. The Balaban J connectivity index is 2.13. The van der Waals surface area contributed by atoms with Crippen LogP contribution in [0.3, 0.4) is 0 Å². The normalized spacial score (nSPS) is 18.3. The molecule has 0 heterocycles. The second-order valence-electron chi connectivity index (χ2n) is 4.46. The summed E-state index contributed by atoms with van der Waals surface area (Å²) in [5.74, 6) is 7.02. The summed E-state index contributed by atoms with van der Waals surface area (Å²) >= 11 is 0. The summed E-state index contributed by atoms with van der Waals surface area (Å²) in [7, 11) is 1.68. The van der Waals surface area contributed by atoms with Gasteiger partial charge in [0.2, 0.25) is 5.96 Å². The van der Waals surface area contributed by atoms with Crippen molar-refractivity contribution >= 4 is 5.96 Å². The molecule has 0 radical (unpaired) electrons. The van der Waals surface area contributed by atoms with Crippen LogP contribution in [0.25, 0.3) is 0 Å². The molecule has 16 heavy (non-hydrogen) atoms. The van der Waals surface area contributed by atoms with Gasteiger partial charge in [-0.1, -0.05) is 12.8 Å². The molecule has 0 spiro atoms. The van der Waals surface area contributed by atoms with Crippen LogP contribution in [0.1, 0.15) is 32.6 Å². The zero-order valence-electron chi connectivity index (χ0n) is 10.3. The molecule has 0 bridgehead atoms. The average molecular weight is 228 g/mol. The van der Waals surface area contributed by atoms with E-state index in [-0.39, 0.29) is 6.04 Å². The monoisotopic (exact) mass is 228 g/mol. The van der Waals surface area contributed by atoms with Crippen molar-refractivity contribution in [2.24, 2.45) is 16.8 Å². The van der Waals surface area contributed by atoms with E-state index in [9.17, 15) is 0 Å². The van der Waals surface area contributed by atoms with Crippen molar-refractivity contribution < 1.29 is 4.74 Å². The first-order chi connectivity index (χ1) is 7.76. The number of methoxy groups -OCH3 is 1. The number of hydrogen-bond acceptors (Lipinski definition) is 3. The Morgan fingerprint density at radius 2 is 2.31 bits per heavy atom. The number of hydrazine groups is 1. The van der Waals surface area contributed by atoms with E-state index in [2.05, 4.69) is 15.7 Å². The molecule has 0 aromatic carbocycles. The van der Waals surface area contributed by atoms with E-state index in [4.69, 9.17) is 10.6 Å². The van der Waals surface area contributed by atoms with Crippen molar-refractivity contribution in [2.45, 2.75) is 38.6 Å². The molecule has 1 saturated carbocycles. The third-order valence-electron chi connectivity index (χ3n) is 2.67. The fourth-order valence-electron chi connectivity index (χ4n) is 1.64. The molecule has 1 rings (SSSR count). The molecule has 0 aromatic heterocycles. The topological polar surface area (TPSA) is 71.7 Å². The first-order valence-electron chi connectivity index (χ1n) is 6.02. The van der Waals surface area contributed by atoms with Gasteiger partial charge >= 0.3 is 0 Å². The second kappa shape index (κ2) is 7.46. The molecule has 0 aliphatic heterocycles. The van der Waals surface area contributed by atoms with Gasteiger partial charge in [-0.15, -0.1) is 0 Å². The molecular formula is C11H24N4O. The van der Waals surface area contributed by atoms with Gasteiger partial charge in [0.05, 0.1) is 6.61 Å². The zero-order chi connectivity index (χ0) is 11.8. The van der Waals surface area contributed by atoms with Crippen LogP contribution in [0.4, 0.5) is 0 Å². The first-order valence-corrected chi connectivity index (χ1v) is 6.02. The second-order valence-corrected chi connectivity index (χ2v) is 4.46. The Bertz CT molecular complexity index is 216. The van der Waals surface area contributed by atoms with Gasteiger partial charge in [-0.2, -0.15) is 0 Å². The lowest BCUT2D eigenvalue weighted by Gasteiger charge is -2.15. The van der Waals surface area contributed by atoms with Crippen LogP contribution in [0.5, 0.6) is 0 Å². The van der Waals surface area contributed by atoms with Gasteiger partial charge in [0.15, 0.2) is 0 Å². The summed E-state index contributed by atoms with van der Waals surface area (Å²) in [6.07, 6.45) is 5.27. The summed E-state index contributed by atoms with van der Waals surface area (Å²) in [6, 6.07) is 0.211. The van der Waals surface area contributed by atoms with Gasteiger partial charge < -0.3 is 10.1 Å². The third kappa shape index (κ3) is 5.92. The Kier molecular flexibility index (Phi) is 6.18. The average Bonchev–Trinajstić information content (AvgIpc) is 3.06. The zero-order valence-corrected chi connectivity index (χ0v) is 10.3. The number of guanidine groups is 1. The van der Waals surface area contributed by atoms with Gasteiger partial charge in [0, 0.05) is 19.7 Å². The number of nitrogens with two attached hydrogens (primary N) is 1. The lowest BCUT2D eigenvalue weighted by atomic mass is 10.2. The smallest absolute Gasteiger partial charge is 0.206 e. The van der Waals surface area contributed by atoms with Crippen molar-refractivity contribution in [3.8, 4) is 0 Å². The molecule has 4 N–H and O–H groups in total. The molecule has 1 atom stereocenters. The number of aliphatic imine (C=N–C) groups is 1. The largest absolute Gasteiger partial charge is 0.383 e. The van der Waals surface area contributed by atoms with E-state index in [1.54, 1.807) is 7.11 Å². The van der Waals surface area contributed by atoms with Crippen molar-refractivity contribution in [3.05, 3.63) is 0 Å². The quantitative estimate of drug-likeness (QED) is 0.196. The molecule has 0 saturated heterocycles. The number of nitrogens with one attached hydrogen (secondary N) is 2. The van der Waals surface area contributed by atoms with Crippen molar-refractivity contribution in [1.29, 1.82) is 0 Å². The highest BCUT2D eigenvalue weighted by atomic mass is 16.5. The maximum absolute atomic E-state index is 5.39. The summed E-state index contributed by atoms with van der Waals surface area (Å²) in [4.78, 5) is 4.38. The van der Waals surface area contributed by atoms with E-state index in [0.29, 0.717) is 12.6 Å². The maximum atomic E-state index is 5.39. The van der Waals surface area contributed by atoms with Crippen LogP contribution >= 0.6 is 0 Å². The van der Waals surface area contributed by atoms with Crippen molar-refractivity contribution in [1.82, 2.24) is 10.7 Å². The van der Waals surface area contributed by atoms with E-state index < -0.39 is 0 Å². The van der Waals surface area contributed by atoms with Gasteiger partial charge in [-0.05, 0) is 25.7 Å². The highest BCUT2D eigenvalue weighted by Gasteiger charge is 2.19. The molecule has 5 nitrogen and oxygen atoms in total. The highest BCUT2D eigenvalue weighted by Crippen LogP contribution is 2.33. The molecular weight excluding hydrogens is 204 g/mol. The Labute approximate surface area is 97.8 Å². The van der Waals surface area contributed by atoms with Crippen LogP contribution < -0.4 is 16.6 Å². The van der Waals surface area contributed by atoms with Crippen molar-refractivity contribution in [2.75, 3.05) is 20.3 Å².